The molecule has 1 aromatic carbocycles. The first-order valence-electron chi connectivity index (χ1n) is 8.52. The molecule has 0 bridgehead atoms. The second-order valence-corrected chi connectivity index (χ2v) is 6.91. The van der Waals surface area contributed by atoms with Crippen molar-refractivity contribution in [2.24, 2.45) is 0 Å². The highest BCUT2D eigenvalue weighted by Crippen LogP contribution is 2.25. The maximum atomic E-state index is 12.4. The molecule has 0 saturated carbocycles. The Hall–Kier alpha value is -2.34. The Morgan fingerprint density at radius 1 is 1.24 bits per heavy atom. The molecule has 0 atom stereocenters. The number of ether oxygens (including phenoxy) is 1. The summed E-state index contributed by atoms with van der Waals surface area (Å²) in [4.78, 5) is 27.8. The highest BCUT2D eigenvalue weighted by Gasteiger charge is 2.21. The molecule has 0 aliphatic carbocycles. The van der Waals surface area contributed by atoms with Crippen LogP contribution in [0.3, 0.4) is 0 Å². The van der Waals surface area contributed by atoms with Crippen molar-refractivity contribution >= 4 is 28.8 Å². The molecule has 0 saturated heterocycles. The summed E-state index contributed by atoms with van der Waals surface area (Å²) < 4.78 is 5.50. The maximum Gasteiger partial charge on any atom is 0.224 e. The van der Waals surface area contributed by atoms with Crippen LogP contribution in [0.5, 0.6) is 5.75 Å². The topological polar surface area (TPSA) is 58.6 Å². The van der Waals surface area contributed by atoms with E-state index in [1.54, 1.807) is 17.4 Å². The quantitative estimate of drug-likeness (QED) is 0.860. The molecule has 25 heavy (non-hydrogen) atoms. The number of thiophene rings is 1. The predicted molar refractivity (Wildman–Crippen MR) is 98.9 cm³/mol. The second-order valence-electron chi connectivity index (χ2n) is 5.91. The number of carbonyl (C=O) groups excluding carboxylic acids is 2. The fourth-order valence-corrected chi connectivity index (χ4v) is 3.79. The van der Waals surface area contributed by atoms with Gasteiger partial charge in [-0.2, -0.15) is 0 Å². The third kappa shape index (κ3) is 4.39. The third-order valence-electron chi connectivity index (χ3n) is 4.19. The van der Waals surface area contributed by atoms with E-state index in [4.69, 9.17) is 4.74 Å². The van der Waals surface area contributed by atoms with Crippen molar-refractivity contribution in [1.29, 1.82) is 0 Å². The van der Waals surface area contributed by atoms with E-state index in [0.29, 0.717) is 24.6 Å². The van der Waals surface area contributed by atoms with Crippen molar-refractivity contribution in [2.75, 3.05) is 18.5 Å². The summed E-state index contributed by atoms with van der Waals surface area (Å²) in [6.45, 7) is 3.83. The SMILES string of the molecule is CCOc1ccccc1NC(=O)CCC(=O)N1CCc2sccc2C1. The van der Waals surface area contributed by atoms with Crippen molar-refractivity contribution in [3.05, 3.63) is 46.2 Å². The zero-order chi connectivity index (χ0) is 17.6. The monoisotopic (exact) mass is 358 g/mol. The molecule has 2 heterocycles. The number of para-hydroxylation sites is 2. The van der Waals surface area contributed by atoms with Gasteiger partial charge in [-0.25, -0.2) is 0 Å². The van der Waals surface area contributed by atoms with E-state index in [2.05, 4.69) is 16.8 Å². The van der Waals surface area contributed by atoms with Crippen LogP contribution in [0.4, 0.5) is 5.69 Å². The molecule has 5 nitrogen and oxygen atoms in total. The van der Waals surface area contributed by atoms with Crippen LogP contribution in [0.2, 0.25) is 0 Å². The molecule has 2 aromatic rings. The number of rotatable bonds is 6. The molecular weight excluding hydrogens is 336 g/mol. The number of nitrogens with zero attached hydrogens (tertiary/aromatic N) is 1. The highest BCUT2D eigenvalue weighted by molar-refractivity contribution is 7.10. The van der Waals surface area contributed by atoms with Gasteiger partial charge in [0.15, 0.2) is 0 Å². The third-order valence-corrected chi connectivity index (χ3v) is 5.21. The van der Waals surface area contributed by atoms with Gasteiger partial charge in [0.05, 0.1) is 12.3 Å². The molecule has 0 unspecified atom stereocenters. The molecule has 3 rings (SSSR count). The van der Waals surface area contributed by atoms with Gasteiger partial charge in [0, 0.05) is 30.8 Å². The van der Waals surface area contributed by atoms with Crippen LogP contribution >= 0.6 is 11.3 Å². The maximum absolute atomic E-state index is 12.4. The van der Waals surface area contributed by atoms with Crippen LogP contribution < -0.4 is 10.1 Å². The Kier molecular flexibility index (Phi) is 5.71. The van der Waals surface area contributed by atoms with Gasteiger partial charge in [0.25, 0.3) is 0 Å². The number of benzene rings is 1. The molecule has 1 aliphatic heterocycles. The van der Waals surface area contributed by atoms with Gasteiger partial charge >= 0.3 is 0 Å². The molecule has 0 fully saturated rings. The van der Waals surface area contributed by atoms with Crippen LogP contribution in [0.25, 0.3) is 0 Å². The summed E-state index contributed by atoms with van der Waals surface area (Å²) in [6.07, 6.45) is 1.31. The smallest absolute Gasteiger partial charge is 0.224 e. The Morgan fingerprint density at radius 3 is 2.92 bits per heavy atom. The molecular formula is C19H22N2O3S. The van der Waals surface area contributed by atoms with Gasteiger partial charge < -0.3 is 15.0 Å². The lowest BCUT2D eigenvalue weighted by molar-refractivity contribution is -0.133. The molecule has 132 valence electrons. The van der Waals surface area contributed by atoms with Crippen molar-refractivity contribution in [3.8, 4) is 5.75 Å². The molecule has 6 heteroatoms. The van der Waals surface area contributed by atoms with Crippen LogP contribution in [-0.2, 0) is 22.6 Å². The minimum atomic E-state index is -0.172. The van der Waals surface area contributed by atoms with Gasteiger partial charge in [0.1, 0.15) is 5.75 Å². The largest absolute Gasteiger partial charge is 0.492 e. The van der Waals surface area contributed by atoms with Crippen LogP contribution in [0.15, 0.2) is 35.7 Å². The normalized spacial score (nSPS) is 13.2. The number of amides is 2. The van der Waals surface area contributed by atoms with E-state index in [0.717, 1.165) is 13.0 Å². The zero-order valence-electron chi connectivity index (χ0n) is 14.3. The first kappa shape index (κ1) is 17.5. The Balaban J connectivity index is 1.50. The van der Waals surface area contributed by atoms with Crippen molar-refractivity contribution < 1.29 is 14.3 Å². The van der Waals surface area contributed by atoms with E-state index in [-0.39, 0.29) is 24.7 Å². The van der Waals surface area contributed by atoms with E-state index in [1.807, 2.05) is 30.0 Å². The number of carbonyl (C=O) groups is 2. The van der Waals surface area contributed by atoms with Gasteiger partial charge in [-0.15, -0.1) is 11.3 Å². The fourth-order valence-electron chi connectivity index (χ4n) is 2.90. The lowest BCUT2D eigenvalue weighted by Gasteiger charge is -2.27. The summed E-state index contributed by atoms with van der Waals surface area (Å²) >= 11 is 1.75. The Morgan fingerprint density at radius 2 is 2.08 bits per heavy atom. The number of anilines is 1. The van der Waals surface area contributed by atoms with E-state index in [9.17, 15) is 9.59 Å². The van der Waals surface area contributed by atoms with Crippen molar-refractivity contribution in [1.82, 2.24) is 4.90 Å². The first-order valence-corrected chi connectivity index (χ1v) is 9.40. The van der Waals surface area contributed by atoms with Gasteiger partial charge in [0.2, 0.25) is 11.8 Å². The van der Waals surface area contributed by atoms with Crippen LogP contribution in [-0.4, -0.2) is 29.9 Å². The molecule has 0 spiro atoms. The number of nitrogens with one attached hydrogen (secondary N) is 1. The van der Waals surface area contributed by atoms with Gasteiger partial charge in [-0.05, 0) is 42.5 Å². The summed E-state index contributed by atoms with van der Waals surface area (Å²) in [5.74, 6) is 0.504. The minimum Gasteiger partial charge on any atom is -0.492 e. The van der Waals surface area contributed by atoms with Gasteiger partial charge in [-0.3, -0.25) is 9.59 Å². The standard InChI is InChI=1S/C19H22N2O3S/c1-2-24-16-6-4-3-5-15(16)20-18(22)7-8-19(23)21-11-9-17-14(13-21)10-12-25-17/h3-6,10,12H,2,7-9,11,13H2,1H3,(H,20,22). The Labute approximate surface area is 151 Å². The summed E-state index contributed by atoms with van der Waals surface area (Å²) in [5, 5.41) is 4.90. The van der Waals surface area contributed by atoms with Crippen LogP contribution in [0, 0.1) is 0 Å². The predicted octanol–water partition coefficient (Wildman–Crippen LogP) is 3.45. The highest BCUT2D eigenvalue weighted by atomic mass is 32.1. The Bertz CT molecular complexity index is 757. The minimum absolute atomic E-state index is 0.0325. The van der Waals surface area contributed by atoms with E-state index < -0.39 is 0 Å². The van der Waals surface area contributed by atoms with E-state index in [1.165, 1.54) is 10.4 Å². The number of hydrogen-bond acceptors (Lipinski definition) is 4. The molecule has 0 radical (unpaired) electrons. The lowest BCUT2D eigenvalue weighted by Crippen LogP contribution is -2.35. The second kappa shape index (κ2) is 8.16. The summed E-state index contributed by atoms with van der Waals surface area (Å²) in [6, 6.07) is 9.40. The average molecular weight is 358 g/mol. The lowest BCUT2D eigenvalue weighted by atomic mass is 10.1. The summed E-state index contributed by atoms with van der Waals surface area (Å²) in [7, 11) is 0. The van der Waals surface area contributed by atoms with E-state index >= 15 is 0 Å². The number of fused-ring (bicyclic) bond motifs is 1. The van der Waals surface area contributed by atoms with Crippen molar-refractivity contribution in [3.63, 3.8) is 0 Å². The average Bonchev–Trinajstić information content (AvgIpc) is 3.09. The zero-order valence-corrected chi connectivity index (χ0v) is 15.1. The molecule has 1 N–H and O–H groups in total. The number of hydrogen-bond donors (Lipinski definition) is 1. The van der Waals surface area contributed by atoms with Gasteiger partial charge in [-0.1, -0.05) is 12.1 Å². The molecule has 1 aromatic heterocycles. The fraction of sp³-hybridized carbons (Fsp3) is 0.368. The first-order chi connectivity index (χ1) is 12.2. The molecule has 2 amide bonds. The van der Waals surface area contributed by atoms with Crippen molar-refractivity contribution in [2.45, 2.75) is 32.7 Å². The van der Waals surface area contributed by atoms with Crippen LogP contribution in [0.1, 0.15) is 30.2 Å². The summed E-state index contributed by atoms with van der Waals surface area (Å²) in [5.41, 5.74) is 1.88. The molecule has 1 aliphatic rings.